The minimum absolute atomic E-state index is 0.339. The van der Waals surface area contributed by atoms with Gasteiger partial charge in [0.15, 0.2) is 0 Å². The molecule has 0 radical (unpaired) electrons. The van der Waals surface area contributed by atoms with Crippen LogP contribution in [0.4, 0.5) is 0 Å². The molecule has 2 saturated heterocycles. The molecule has 0 aromatic rings. The van der Waals surface area contributed by atoms with Crippen LogP contribution in [0.25, 0.3) is 16.0 Å². The quantitative estimate of drug-likeness (QED) is 0.576. The summed E-state index contributed by atoms with van der Waals surface area (Å²) in [6, 6.07) is 1.30. The van der Waals surface area contributed by atoms with Crippen LogP contribution in [-0.2, 0) is 13.1 Å². The molecule has 125 valence electrons. The Hall–Kier alpha value is 0.299. The maximum atomic E-state index is 5.04. The van der Waals surface area contributed by atoms with Gasteiger partial charge in [0.2, 0.25) is 0 Å². The molecular formula is C15H22Cl2CuN3-3. The van der Waals surface area contributed by atoms with E-state index in [0.29, 0.717) is 18.1 Å². The fourth-order valence-corrected chi connectivity index (χ4v) is 3.20. The predicted molar refractivity (Wildman–Crippen MR) is 87.8 cm³/mol. The Morgan fingerprint density at radius 1 is 1.05 bits per heavy atom. The zero-order valence-corrected chi connectivity index (χ0v) is 14.5. The molecule has 3 aliphatic heterocycles. The van der Waals surface area contributed by atoms with Crippen LogP contribution in [0.15, 0.2) is 23.9 Å². The van der Waals surface area contributed by atoms with E-state index in [-0.39, 0.29) is 0 Å². The second-order valence-corrected chi connectivity index (χ2v) is 7.09. The summed E-state index contributed by atoms with van der Waals surface area (Å²) in [5, 5.41) is 14.4. The average molecular weight is 379 g/mol. The third kappa shape index (κ3) is 5.78. The van der Waals surface area contributed by atoms with E-state index in [0.717, 1.165) is 26.2 Å². The summed E-state index contributed by atoms with van der Waals surface area (Å²) in [4.78, 5) is 0. The number of piperidine rings is 2. The Bertz CT molecular complexity index is 357. The van der Waals surface area contributed by atoms with Gasteiger partial charge in [0, 0.05) is 0 Å². The van der Waals surface area contributed by atoms with Crippen molar-refractivity contribution < 1.29 is 13.1 Å². The molecule has 2 fully saturated rings. The molecule has 0 aromatic heterocycles. The molecule has 0 amide bonds. The van der Waals surface area contributed by atoms with Crippen LogP contribution in [0.3, 0.4) is 0 Å². The number of halogens is 2. The van der Waals surface area contributed by atoms with Crippen molar-refractivity contribution in [1.82, 2.24) is 0 Å². The van der Waals surface area contributed by atoms with Crippen LogP contribution >= 0.6 is 20.2 Å². The fraction of sp³-hybridized carbons (Fsp3) is 0.733. The van der Waals surface area contributed by atoms with E-state index in [1.54, 1.807) is 0 Å². The first-order valence-corrected chi connectivity index (χ1v) is 10.2. The third-order valence-electron chi connectivity index (χ3n) is 4.19. The molecule has 6 heteroatoms. The van der Waals surface area contributed by atoms with Gasteiger partial charge >= 0.3 is 33.3 Å². The number of hydrogen-bond acceptors (Lipinski definition) is 0. The molecule has 3 aliphatic rings. The predicted octanol–water partition coefficient (Wildman–Crippen LogP) is 5.41. The zero-order valence-electron chi connectivity index (χ0n) is 12.0. The summed E-state index contributed by atoms with van der Waals surface area (Å²) in [6.45, 7) is 1.88. The first kappa shape index (κ1) is 17.7. The second kappa shape index (κ2) is 10.1. The van der Waals surface area contributed by atoms with Gasteiger partial charge in [-0.3, -0.25) is 0 Å². The number of nitrogens with zero attached hydrogens (tertiary/aromatic N) is 3. The van der Waals surface area contributed by atoms with E-state index < -0.39 is 0 Å². The summed E-state index contributed by atoms with van der Waals surface area (Å²) in [7, 11) is 9.34. The molecule has 3 rings (SSSR count). The summed E-state index contributed by atoms with van der Waals surface area (Å²) < 4.78 is 0. The SMILES string of the molecule is C1=CC[N-]C(C2CCCC(C3CCCC[N-]3)[N-]2)=C1.[Cl][Cu][Cl]. The first-order chi connectivity index (χ1) is 10.3. The summed E-state index contributed by atoms with van der Waals surface area (Å²) >= 11 is 0.757. The van der Waals surface area contributed by atoms with Crippen molar-refractivity contribution in [3.63, 3.8) is 0 Å². The van der Waals surface area contributed by atoms with Crippen molar-refractivity contribution in [3.05, 3.63) is 39.9 Å². The Morgan fingerprint density at radius 2 is 1.86 bits per heavy atom. The number of allylic oxidation sites excluding steroid dienone is 2. The van der Waals surface area contributed by atoms with Crippen molar-refractivity contribution >= 4 is 20.2 Å². The van der Waals surface area contributed by atoms with Gasteiger partial charge in [-0.1, -0.05) is 50.7 Å². The van der Waals surface area contributed by atoms with E-state index in [1.807, 2.05) is 0 Å². The van der Waals surface area contributed by atoms with Gasteiger partial charge in [0.1, 0.15) is 0 Å². The van der Waals surface area contributed by atoms with Crippen molar-refractivity contribution in [1.29, 1.82) is 0 Å². The number of hydrogen-bond donors (Lipinski definition) is 0. The molecule has 3 heterocycles. The van der Waals surface area contributed by atoms with Crippen LogP contribution in [0, 0.1) is 0 Å². The van der Waals surface area contributed by atoms with Gasteiger partial charge in [0.05, 0.1) is 0 Å². The molecule has 3 atom stereocenters. The molecule has 0 spiro atoms. The Kier molecular flexibility index (Phi) is 8.53. The van der Waals surface area contributed by atoms with Crippen LogP contribution < -0.4 is 0 Å². The molecule has 0 saturated carbocycles. The van der Waals surface area contributed by atoms with Crippen molar-refractivity contribution in [2.45, 2.75) is 56.7 Å². The standard InChI is InChI=1S/C15H22N3.2ClH.Cu/c1-3-10-16-12(6-1)14-8-5-9-15(18-14)13-7-2-4-11-17-13;;;/h1,3,6,13-15H,2,4-5,7-11H2;2*1H;/q-3;;;+2/p-2. The second-order valence-electron chi connectivity index (χ2n) is 5.54. The molecule has 3 unspecified atom stereocenters. The topological polar surface area (TPSA) is 42.3 Å². The Morgan fingerprint density at radius 3 is 2.52 bits per heavy atom. The van der Waals surface area contributed by atoms with Crippen LogP contribution in [0.2, 0.25) is 0 Å². The first-order valence-electron chi connectivity index (χ1n) is 7.57. The van der Waals surface area contributed by atoms with Gasteiger partial charge in [-0.05, 0) is 0 Å². The third-order valence-corrected chi connectivity index (χ3v) is 4.19. The van der Waals surface area contributed by atoms with Crippen LogP contribution in [-0.4, -0.2) is 31.2 Å². The van der Waals surface area contributed by atoms with Crippen molar-refractivity contribution in [2.75, 3.05) is 13.1 Å². The van der Waals surface area contributed by atoms with Crippen molar-refractivity contribution in [2.24, 2.45) is 0 Å². The fourth-order valence-electron chi connectivity index (χ4n) is 3.20. The average Bonchev–Trinajstić information content (AvgIpc) is 2.57. The normalized spacial score (nSPS) is 32.7. The van der Waals surface area contributed by atoms with Gasteiger partial charge in [-0.25, -0.2) is 0 Å². The molecule has 0 bridgehead atoms. The maximum absolute atomic E-state index is 5.04. The molecule has 0 N–H and O–H groups in total. The molecule has 0 aromatic carbocycles. The van der Waals surface area contributed by atoms with Gasteiger partial charge in [-0.2, -0.15) is 17.8 Å². The van der Waals surface area contributed by atoms with Gasteiger partial charge in [0.25, 0.3) is 0 Å². The summed E-state index contributed by atoms with van der Waals surface area (Å²) in [5.41, 5.74) is 1.19. The van der Waals surface area contributed by atoms with Crippen molar-refractivity contribution in [3.8, 4) is 0 Å². The van der Waals surface area contributed by atoms with Crippen LogP contribution in [0.1, 0.15) is 38.5 Å². The van der Waals surface area contributed by atoms with E-state index in [1.165, 1.54) is 44.2 Å². The van der Waals surface area contributed by atoms with E-state index >= 15 is 0 Å². The summed E-state index contributed by atoms with van der Waals surface area (Å²) in [5.74, 6) is 0. The van der Waals surface area contributed by atoms with E-state index in [4.69, 9.17) is 10.6 Å². The van der Waals surface area contributed by atoms with Gasteiger partial charge < -0.3 is 16.0 Å². The summed E-state index contributed by atoms with van der Waals surface area (Å²) in [6.07, 6.45) is 13.9. The molecule has 21 heavy (non-hydrogen) atoms. The monoisotopic (exact) mass is 377 g/mol. The minimum atomic E-state index is 0.339. The van der Waals surface area contributed by atoms with Gasteiger partial charge in [-0.15, -0.1) is 25.2 Å². The van der Waals surface area contributed by atoms with E-state index in [2.05, 4.69) is 43.7 Å². The number of rotatable bonds is 2. The Balaban J connectivity index is 0.000000497. The van der Waals surface area contributed by atoms with Crippen LogP contribution in [0.5, 0.6) is 0 Å². The van der Waals surface area contributed by atoms with E-state index in [9.17, 15) is 0 Å². The Labute approximate surface area is 142 Å². The molecular weight excluding hydrogens is 357 g/mol. The zero-order chi connectivity index (χ0) is 14.9. The molecule has 0 aliphatic carbocycles. The molecule has 3 nitrogen and oxygen atoms in total.